The molecule has 4 heteroatoms. The summed E-state index contributed by atoms with van der Waals surface area (Å²) in [5.74, 6) is 0.365. The molecular weight excluding hydrogens is 180 g/mol. The van der Waals surface area contributed by atoms with Crippen molar-refractivity contribution in [3.63, 3.8) is 0 Å². The Bertz CT molecular complexity index is 195. The fourth-order valence-electron chi connectivity index (χ4n) is 1.91. The predicted molar refractivity (Wildman–Crippen MR) is 54.8 cm³/mol. The first kappa shape index (κ1) is 11.5. The molecule has 1 fully saturated rings. The number of likely N-dealkylation sites (tertiary alicyclic amines) is 1. The standard InChI is InChI=1S/C10H20N2O2/c1-8(11)9-4-3-5-12(6-9)7-10(13)14-2/h8-9H,3-7,11H2,1-2H3. The second-order valence-corrected chi connectivity index (χ2v) is 4.07. The highest BCUT2D eigenvalue weighted by Gasteiger charge is 2.23. The fourth-order valence-corrected chi connectivity index (χ4v) is 1.91. The van der Waals surface area contributed by atoms with Crippen LogP contribution in [0, 0.1) is 5.92 Å². The maximum absolute atomic E-state index is 11.1. The average Bonchev–Trinajstić information content (AvgIpc) is 2.18. The Morgan fingerprint density at radius 2 is 2.43 bits per heavy atom. The first-order valence-corrected chi connectivity index (χ1v) is 5.18. The molecule has 0 aromatic rings. The minimum absolute atomic E-state index is 0.157. The van der Waals surface area contributed by atoms with Gasteiger partial charge in [-0.15, -0.1) is 0 Å². The topological polar surface area (TPSA) is 55.6 Å². The van der Waals surface area contributed by atoms with E-state index in [9.17, 15) is 4.79 Å². The maximum atomic E-state index is 11.1. The zero-order valence-corrected chi connectivity index (χ0v) is 9.03. The van der Waals surface area contributed by atoms with Crippen molar-refractivity contribution in [2.45, 2.75) is 25.8 Å². The van der Waals surface area contributed by atoms with E-state index < -0.39 is 0 Å². The SMILES string of the molecule is COC(=O)CN1CCCC(C(C)N)C1. The Kier molecular flexibility index (Phi) is 4.35. The largest absolute Gasteiger partial charge is 0.468 e. The van der Waals surface area contributed by atoms with Crippen LogP contribution < -0.4 is 5.73 Å². The highest BCUT2D eigenvalue weighted by atomic mass is 16.5. The number of methoxy groups -OCH3 is 1. The molecule has 0 amide bonds. The summed E-state index contributed by atoms with van der Waals surface area (Å²) >= 11 is 0. The third kappa shape index (κ3) is 3.27. The number of piperidine rings is 1. The van der Waals surface area contributed by atoms with E-state index >= 15 is 0 Å². The lowest BCUT2D eigenvalue weighted by Gasteiger charge is -2.33. The number of ether oxygens (including phenoxy) is 1. The van der Waals surface area contributed by atoms with Crippen molar-refractivity contribution >= 4 is 5.97 Å². The molecule has 0 aromatic heterocycles. The van der Waals surface area contributed by atoms with Crippen molar-refractivity contribution in [3.05, 3.63) is 0 Å². The molecule has 0 bridgehead atoms. The van der Waals surface area contributed by atoms with E-state index in [-0.39, 0.29) is 12.0 Å². The molecule has 0 spiro atoms. The molecule has 1 rings (SSSR count). The van der Waals surface area contributed by atoms with Gasteiger partial charge >= 0.3 is 5.97 Å². The van der Waals surface area contributed by atoms with Crippen LogP contribution in [0.15, 0.2) is 0 Å². The molecular formula is C10H20N2O2. The molecule has 0 aliphatic carbocycles. The van der Waals surface area contributed by atoms with E-state index in [4.69, 9.17) is 5.73 Å². The van der Waals surface area contributed by atoms with E-state index in [0.29, 0.717) is 12.5 Å². The normalized spacial score (nSPS) is 25.8. The monoisotopic (exact) mass is 200 g/mol. The second-order valence-electron chi connectivity index (χ2n) is 4.07. The van der Waals surface area contributed by atoms with Crippen LogP contribution in [0.1, 0.15) is 19.8 Å². The van der Waals surface area contributed by atoms with Gasteiger partial charge in [0.15, 0.2) is 0 Å². The summed E-state index contributed by atoms with van der Waals surface area (Å²) < 4.78 is 4.64. The summed E-state index contributed by atoms with van der Waals surface area (Å²) in [6.07, 6.45) is 2.30. The molecule has 1 aliphatic heterocycles. The van der Waals surface area contributed by atoms with Gasteiger partial charge in [-0.25, -0.2) is 0 Å². The van der Waals surface area contributed by atoms with Gasteiger partial charge in [0, 0.05) is 12.6 Å². The minimum Gasteiger partial charge on any atom is -0.468 e. The van der Waals surface area contributed by atoms with Crippen molar-refractivity contribution < 1.29 is 9.53 Å². The molecule has 1 saturated heterocycles. The number of hydrogen-bond acceptors (Lipinski definition) is 4. The van der Waals surface area contributed by atoms with Gasteiger partial charge in [0.05, 0.1) is 13.7 Å². The molecule has 14 heavy (non-hydrogen) atoms. The molecule has 2 atom stereocenters. The third-order valence-electron chi connectivity index (χ3n) is 2.87. The first-order valence-electron chi connectivity index (χ1n) is 5.18. The van der Waals surface area contributed by atoms with Crippen LogP contribution in [0.4, 0.5) is 0 Å². The Balaban J connectivity index is 2.36. The number of esters is 1. The van der Waals surface area contributed by atoms with Crippen LogP contribution in [0.3, 0.4) is 0 Å². The predicted octanol–water partition coefficient (Wildman–Crippen LogP) is 0.219. The lowest BCUT2D eigenvalue weighted by molar-refractivity contribution is -0.142. The molecule has 2 N–H and O–H groups in total. The zero-order chi connectivity index (χ0) is 10.6. The molecule has 82 valence electrons. The fraction of sp³-hybridized carbons (Fsp3) is 0.900. The summed E-state index contributed by atoms with van der Waals surface area (Å²) in [5.41, 5.74) is 5.85. The van der Waals surface area contributed by atoms with Crippen molar-refractivity contribution in [1.29, 1.82) is 0 Å². The number of carbonyl (C=O) groups excluding carboxylic acids is 1. The van der Waals surface area contributed by atoms with Crippen LogP contribution >= 0.6 is 0 Å². The first-order chi connectivity index (χ1) is 6.63. The van der Waals surface area contributed by atoms with E-state index in [1.807, 2.05) is 6.92 Å². The van der Waals surface area contributed by atoms with Crippen molar-refractivity contribution in [3.8, 4) is 0 Å². The van der Waals surface area contributed by atoms with Gasteiger partial charge in [-0.05, 0) is 32.2 Å². The van der Waals surface area contributed by atoms with Crippen LogP contribution in [-0.4, -0.2) is 43.7 Å². The maximum Gasteiger partial charge on any atom is 0.319 e. The highest BCUT2D eigenvalue weighted by molar-refractivity contribution is 5.71. The number of hydrogen-bond donors (Lipinski definition) is 1. The van der Waals surface area contributed by atoms with Crippen LogP contribution in [0.2, 0.25) is 0 Å². The molecule has 4 nitrogen and oxygen atoms in total. The zero-order valence-electron chi connectivity index (χ0n) is 9.03. The average molecular weight is 200 g/mol. The Morgan fingerprint density at radius 1 is 1.71 bits per heavy atom. The van der Waals surface area contributed by atoms with E-state index in [1.165, 1.54) is 13.5 Å². The van der Waals surface area contributed by atoms with Gasteiger partial charge in [-0.3, -0.25) is 9.69 Å². The van der Waals surface area contributed by atoms with Crippen molar-refractivity contribution in [2.75, 3.05) is 26.7 Å². The van der Waals surface area contributed by atoms with Gasteiger partial charge in [-0.2, -0.15) is 0 Å². The number of nitrogens with zero attached hydrogens (tertiary/aromatic N) is 1. The third-order valence-corrected chi connectivity index (χ3v) is 2.87. The summed E-state index contributed by atoms with van der Waals surface area (Å²) in [6.45, 7) is 4.34. The van der Waals surface area contributed by atoms with E-state index in [2.05, 4.69) is 9.64 Å². The molecule has 0 saturated carbocycles. The quantitative estimate of drug-likeness (QED) is 0.662. The summed E-state index contributed by atoms with van der Waals surface area (Å²) in [5, 5.41) is 0. The molecule has 0 radical (unpaired) electrons. The number of rotatable bonds is 3. The number of carbonyl (C=O) groups is 1. The van der Waals surface area contributed by atoms with Crippen LogP contribution in [0.5, 0.6) is 0 Å². The Morgan fingerprint density at radius 3 is 3.00 bits per heavy atom. The van der Waals surface area contributed by atoms with E-state index in [1.54, 1.807) is 0 Å². The van der Waals surface area contributed by atoms with Crippen molar-refractivity contribution in [1.82, 2.24) is 4.90 Å². The lowest BCUT2D eigenvalue weighted by atomic mass is 9.92. The van der Waals surface area contributed by atoms with Gasteiger partial charge < -0.3 is 10.5 Å². The highest BCUT2D eigenvalue weighted by Crippen LogP contribution is 2.18. The summed E-state index contributed by atoms with van der Waals surface area (Å²) in [4.78, 5) is 13.2. The van der Waals surface area contributed by atoms with Gasteiger partial charge in [0.2, 0.25) is 0 Å². The summed E-state index contributed by atoms with van der Waals surface area (Å²) in [7, 11) is 1.43. The molecule has 2 unspecified atom stereocenters. The van der Waals surface area contributed by atoms with Gasteiger partial charge in [-0.1, -0.05) is 0 Å². The van der Waals surface area contributed by atoms with Crippen molar-refractivity contribution in [2.24, 2.45) is 11.7 Å². The number of nitrogens with two attached hydrogens (primary N) is 1. The summed E-state index contributed by atoms with van der Waals surface area (Å²) in [6, 6.07) is 0.218. The molecule has 0 aromatic carbocycles. The molecule has 1 aliphatic rings. The van der Waals surface area contributed by atoms with Crippen LogP contribution in [-0.2, 0) is 9.53 Å². The lowest BCUT2D eigenvalue weighted by Crippen LogP contribution is -2.44. The minimum atomic E-state index is -0.157. The van der Waals surface area contributed by atoms with Crippen LogP contribution in [0.25, 0.3) is 0 Å². The molecule has 1 heterocycles. The smallest absolute Gasteiger partial charge is 0.319 e. The van der Waals surface area contributed by atoms with E-state index in [0.717, 1.165) is 19.5 Å². The Hall–Kier alpha value is -0.610. The van der Waals surface area contributed by atoms with Gasteiger partial charge in [0.25, 0.3) is 0 Å². The second kappa shape index (κ2) is 5.32. The Labute approximate surface area is 85.4 Å². The van der Waals surface area contributed by atoms with Gasteiger partial charge in [0.1, 0.15) is 0 Å².